The lowest BCUT2D eigenvalue weighted by Crippen LogP contribution is -2.54. The molecule has 1 saturated heterocycles. The normalized spacial score (nSPS) is 16.4. The van der Waals surface area contributed by atoms with Crippen molar-refractivity contribution in [3.8, 4) is 0 Å². The Kier molecular flexibility index (Phi) is 4.70. The van der Waals surface area contributed by atoms with Gasteiger partial charge in [0.1, 0.15) is 5.57 Å². The smallest absolute Gasteiger partial charge is 0.270 e. The maximum atomic E-state index is 12.9. The molecule has 0 aromatic heterocycles. The third-order valence-corrected chi connectivity index (χ3v) is 4.28. The molecule has 0 aliphatic carbocycles. The van der Waals surface area contributed by atoms with Crippen molar-refractivity contribution in [1.82, 2.24) is 5.32 Å². The number of rotatable bonds is 2. The number of benzene rings is 2. The van der Waals surface area contributed by atoms with Gasteiger partial charge in [-0.3, -0.25) is 19.8 Å². The number of nitrogens with one attached hydrogen (secondary N) is 1. The molecule has 1 fully saturated rings. The van der Waals surface area contributed by atoms with Crippen LogP contribution in [0.15, 0.2) is 48.0 Å². The Morgan fingerprint density at radius 1 is 1.04 bits per heavy atom. The van der Waals surface area contributed by atoms with E-state index in [0.717, 1.165) is 16.7 Å². The van der Waals surface area contributed by atoms with Crippen LogP contribution in [0.1, 0.15) is 16.7 Å². The van der Waals surface area contributed by atoms with E-state index < -0.39 is 11.8 Å². The predicted molar refractivity (Wildman–Crippen MR) is 104 cm³/mol. The average Bonchev–Trinajstić information content (AvgIpc) is 2.52. The van der Waals surface area contributed by atoms with Gasteiger partial charge in [-0.2, -0.15) is 0 Å². The van der Waals surface area contributed by atoms with Crippen molar-refractivity contribution in [3.63, 3.8) is 0 Å². The van der Waals surface area contributed by atoms with Gasteiger partial charge in [-0.05, 0) is 62.0 Å². The Morgan fingerprint density at radius 3 is 2.24 bits per heavy atom. The Bertz CT molecular complexity index is 899. The van der Waals surface area contributed by atoms with Crippen LogP contribution in [0.4, 0.5) is 5.69 Å². The van der Waals surface area contributed by atoms with Gasteiger partial charge >= 0.3 is 0 Å². The van der Waals surface area contributed by atoms with Crippen LogP contribution < -0.4 is 10.2 Å². The van der Waals surface area contributed by atoms with Crippen molar-refractivity contribution in [2.75, 3.05) is 4.90 Å². The van der Waals surface area contributed by atoms with E-state index in [1.807, 2.05) is 32.0 Å². The van der Waals surface area contributed by atoms with Gasteiger partial charge in [-0.1, -0.05) is 40.9 Å². The zero-order valence-corrected chi connectivity index (χ0v) is 15.2. The molecule has 0 radical (unpaired) electrons. The number of anilines is 1. The van der Waals surface area contributed by atoms with Gasteiger partial charge in [-0.15, -0.1) is 0 Å². The molecular formula is C19H15ClN2O2S. The Balaban J connectivity index is 2.03. The minimum absolute atomic E-state index is 0.0357. The summed E-state index contributed by atoms with van der Waals surface area (Å²) >= 11 is 11.1. The Hall–Kier alpha value is -2.50. The van der Waals surface area contributed by atoms with Crippen LogP contribution in [-0.4, -0.2) is 16.9 Å². The Labute approximate surface area is 156 Å². The van der Waals surface area contributed by atoms with Gasteiger partial charge in [0.15, 0.2) is 5.11 Å². The van der Waals surface area contributed by atoms with E-state index >= 15 is 0 Å². The number of nitrogens with zero attached hydrogens (tertiary/aromatic N) is 1. The largest absolute Gasteiger partial charge is 0.298 e. The standard InChI is InChI=1S/C19H15ClN2O2S/c1-11-7-12(2)9-13(8-11)10-16-17(23)21-19(25)22(18(16)24)15-5-3-14(20)4-6-15/h3-10H,1-2H3,(H,21,23,25)/b16-10-. The maximum absolute atomic E-state index is 12.9. The van der Waals surface area contributed by atoms with E-state index in [-0.39, 0.29) is 10.7 Å². The lowest BCUT2D eigenvalue weighted by molar-refractivity contribution is -0.122. The number of aryl methyl sites for hydroxylation is 2. The molecule has 126 valence electrons. The molecule has 0 unspecified atom stereocenters. The van der Waals surface area contributed by atoms with Crippen molar-refractivity contribution in [2.45, 2.75) is 13.8 Å². The molecule has 4 nitrogen and oxygen atoms in total. The maximum Gasteiger partial charge on any atom is 0.270 e. The lowest BCUT2D eigenvalue weighted by Gasteiger charge is -2.29. The van der Waals surface area contributed by atoms with Crippen LogP contribution in [0, 0.1) is 13.8 Å². The van der Waals surface area contributed by atoms with Gasteiger partial charge in [0.25, 0.3) is 11.8 Å². The van der Waals surface area contributed by atoms with E-state index in [1.54, 1.807) is 30.3 Å². The number of carbonyl (C=O) groups is 2. The molecule has 1 N–H and O–H groups in total. The van der Waals surface area contributed by atoms with Crippen LogP contribution >= 0.6 is 23.8 Å². The first kappa shape index (κ1) is 17.3. The third-order valence-electron chi connectivity index (χ3n) is 3.74. The summed E-state index contributed by atoms with van der Waals surface area (Å²) in [5, 5.41) is 3.17. The summed E-state index contributed by atoms with van der Waals surface area (Å²) in [6, 6.07) is 12.5. The highest BCUT2D eigenvalue weighted by Gasteiger charge is 2.34. The average molecular weight is 371 g/mol. The molecule has 6 heteroatoms. The highest BCUT2D eigenvalue weighted by atomic mass is 35.5. The van der Waals surface area contributed by atoms with Gasteiger partial charge in [0.2, 0.25) is 0 Å². The number of amides is 2. The fraction of sp³-hybridized carbons (Fsp3) is 0.105. The molecule has 3 rings (SSSR count). The molecule has 1 heterocycles. The van der Waals surface area contributed by atoms with E-state index in [4.69, 9.17) is 23.8 Å². The lowest BCUT2D eigenvalue weighted by atomic mass is 10.0. The molecule has 2 aromatic rings. The van der Waals surface area contributed by atoms with Crippen molar-refractivity contribution in [2.24, 2.45) is 0 Å². The summed E-state index contributed by atoms with van der Waals surface area (Å²) in [6.07, 6.45) is 1.59. The zero-order valence-electron chi connectivity index (χ0n) is 13.7. The van der Waals surface area contributed by atoms with E-state index in [9.17, 15) is 9.59 Å². The fourth-order valence-corrected chi connectivity index (χ4v) is 3.15. The van der Waals surface area contributed by atoms with E-state index in [1.165, 1.54) is 4.90 Å². The SMILES string of the molecule is Cc1cc(C)cc(/C=C2/C(=O)NC(=S)N(c3ccc(Cl)cc3)C2=O)c1. The van der Waals surface area contributed by atoms with Gasteiger partial charge in [-0.25, -0.2) is 0 Å². The molecule has 0 atom stereocenters. The van der Waals surface area contributed by atoms with E-state index in [2.05, 4.69) is 5.32 Å². The molecule has 1 aliphatic rings. The van der Waals surface area contributed by atoms with Crippen molar-refractivity contribution >= 4 is 52.5 Å². The number of halogens is 1. The second kappa shape index (κ2) is 6.78. The molecule has 2 amide bonds. The minimum Gasteiger partial charge on any atom is -0.298 e. The van der Waals surface area contributed by atoms with Crippen LogP contribution in [0.25, 0.3) is 6.08 Å². The second-order valence-corrected chi connectivity index (χ2v) is 6.68. The van der Waals surface area contributed by atoms with Crippen LogP contribution in [0.5, 0.6) is 0 Å². The topological polar surface area (TPSA) is 49.4 Å². The first-order valence-corrected chi connectivity index (χ1v) is 8.39. The fourth-order valence-electron chi connectivity index (χ4n) is 2.74. The summed E-state index contributed by atoms with van der Waals surface area (Å²) in [5.41, 5.74) is 3.49. The zero-order chi connectivity index (χ0) is 18.1. The number of hydrogen-bond donors (Lipinski definition) is 1. The molecule has 2 aromatic carbocycles. The number of hydrogen-bond acceptors (Lipinski definition) is 3. The third kappa shape index (κ3) is 3.62. The summed E-state index contributed by atoms with van der Waals surface area (Å²) in [4.78, 5) is 26.5. The molecule has 1 aliphatic heterocycles. The number of thiocarbonyl (C=S) groups is 1. The minimum atomic E-state index is -0.501. The van der Waals surface area contributed by atoms with Crippen molar-refractivity contribution < 1.29 is 9.59 Å². The highest BCUT2D eigenvalue weighted by molar-refractivity contribution is 7.80. The second-order valence-electron chi connectivity index (χ2n) is 5.86. The summed E-state index contributed by atoms with van der Waals surface area (Å²) in [6.45, 7) is 3.93. The number of carbonyl (C=O) groups excluding carboxylic acids is 2. The van der Waals surface area contributed by atoms with Crippen LogP contribution in [0.2, 0.25) is 5.02 Å². The van der Waals surface area contributed by atoms with Crippen LogP contribution in [-0.2, 0) is 9.59 Å². The predicted octanol–water partition coefficient (Wildman–Crippen LogP) is 3.79. The first-order chi connectivity index (χ1) is 11.8. The van der Waals surface area contributed by atoms with Crippen molar-refractivity contribution in [3.05, 3.63) is 69.8 Å². The van der Waals surface area contributed by atoms with Gasteiger partial charge in [0.05, 0.1) is 5.69 Å². The van der Waals surface area contributed by atoms with Gasteiger partial charge < -0.3 is 0 Å². The quantitative estimate of drug-likeness (QED) is 0.497. The molecule has 0 spiro atoms. The summed E-state index contributed by atoms with van der Waals surface area (Å²) in [7, 11) is 0. The van der Waals surface area contributed by atoms with Crippen molar-refractivity contribution in [1.29, 1.82) is 0 Å². The Morgan fingerprint density at radius 2 is 1.64 bits per heavy atom. The molecular weight excluding hydrogens is 356 g/mol. The van der Waals surface area contributed by atoms with Gasteiger partial charge in [0, 0.05) is 5.02 Å². The van der Waals surface area contributed by atoms with E-state index in [0.29, 0.717) is 10.7 Å². The molecule has 0 saturated carbocycles. The molecule has 0 bridgehead atoms. The monoisotopic (exact) mass is 370 g/mol. The first-order valence-electron chi connectivity index (χ1n) is 7.60. The highest BCUT2D eigenvalue weighted by Crippen LogP contribution is 2.24. The van der Waals surface area contributed by atoms with Crippen LogP contribution in [0.3, 0.4) is 0 Å². The summed E-state index contributed by atoms with van der Waals surface area (Å²) < 4.78 is 0. The summed E-state index contributed by atoms with van der Waals surface area (Å²) in [5.74, 6) is -0.963. The molecule has 25 heavy (non-hydrogen) atoms.